The number of carbonyl (C=O) groups excluding carboxylic acids is 2. The Kier molecular flexibility index (Phi) is 5.50. The molecular weight excluding hydrogens is 372 g/mol. The summed E-state index contributed by atoms with van der Waals surface area (Å²) < 4.78 is 11.0. The van der Waals surface area contributed by atoms with E-state index in [2.05, 4.69) is 4.98 Å². The second-order valence-electron chi connectivity index (χ2n) is 7.58. The molecule has 0 amide bonds. The van der Waals surface area contributed by atoms with Crippen LogP contribution in [-0.4, -0.2) is 23.8 Å². The lowest BCUT2D eigenvalue weighted by Crippen LogP contribution is -2.38. The minimum Gasteiger partial charge on any atom is -0.618 e. The SMILES string of the molecule is COc1ccc2nc(COC(=O)C(C)(C)C)c(C(=O)c3ccccc3)[n+]([O-])c2c1. The fourth-order valence-electron chi connectivity index (χ4n) is 2.72. The van der Waals surface area contributed by atoms with Crippen molar-refractivity contribution in [1.29, 1.82) is 0 Å². The van der Waals surface area contributed by atoms with Crippen LogP contribution in [0.3, 0.4) is 0 Å². The van der Waals surface area contributed by atoms with Gasteiger partial charge < -0.3 is 14.7 Å². The molecule has 0 spiro atoms. The highest BCUT2D eigenvalue weighted by Gasteiger charge is 2.30. The van der Waals surface area contributed by atoms with E-state index in [9.17, 15) is 14.8 Å². The van der Waals surface area contributed by atoms with Gasteiger partial charge in [-0.1, -0.05) is 30.3 Å². The number of fused-ring (bicyclic) bond motifs is 1. The molecule has 3 aromatic rings. The van der Waals surface area contributed by atoms with Gasteiger partial charge >= 0.3 is 5.97 Å². The van der Waals surface area contributed by atoms with Crippen LogP contribution in [0.25, 0.3) is 11.0 Å². The fourth-order valence-corrected chi connectivity index (χ4v) is 2.72. The molecule has 0 aliphatic heterocycles. The molecule has 7 heteroatoms. The average Bonchev–Trinajstić information content (AvgIpc) is 2.71. The van der Waals surface area contributed by atoms with Gasteiger partial charge in [0.15, 0.2) is 5.69 Å². The maximum absolute atomic E-state index is 13.1. The number of hydrogen-bond donors (Lipinski definition) is 0. The van der Waals surface area contributed by atoms with Gasteiger partial charge in [0, 0.05) is 5.56 Å². The topological polar surface area (TPSA) is 92.4 Å². The molecule has 0 radical (unpaired) electrons. The summed E-state index contributed by atoms with van der Waals surface area (Å²) >= 11 is 0. The highest BCUT2D eigenvalue weighted by molar-refractivity contribution is 6.07. The van der Waals surface area contributed by atoms with E-state index in [0.717, 1.165) is 0 Å². The Balaban J connectivity index is 2.14. The van der Waals surface area contributed by atoms with Gasteiger partial charge in [0.1, 0.15) is 17.9 Å². The summed E-state index contributed by atoms with van der Waals surface area (Å²) in [6.45, 7) is 4.88. The first kappa shape index (κ1) is 20.3. The highest BCUT2D eigenvalue weighted by Crippen LogP contribution is 2.21. The first-order valence-corrected chi connectivity index (χ1v) is 9.09. The van der Waals surface area contributed by atoms with E-state index >= 15 is 0 Å². The number of aromatic nitrogens is 2. The van der Waals surface area contributed by atoms with E-state index in [0.29, 0.717) is 21.6 Å². The van der Waals surface area contributed by atoms with E-state index in [1.165, 1.54) is 13.2 Å². The average molecular weight is 394 g/mol. The van der Waals surface area contributed by atoms with Crippen molar-refractivity contribution in [3.8, 4) is 5.75 Å². The molecule has 1 heterocycles. The monoisotopic (exact) mass is 394 g/mol. The largest absolute Gasteiger partial charge is 0.618 e. The minimum atomic E-state index is -0.721. The molecular formula is C22H22N2O5. The van der Waals surface area contributed by atoms with Gasteiger partial charge in [0.05, 0.1) is 18.6 Å². The number of nitrogens with zero attached hydrogens (tertiary/aromatic N) is 2. The summed E-state index contributed by atoms with van der Waals surface area (Å²) in [5.74, 6) is -0.488. The number of ether oxygens (including phenoxy) is 2. The Morgan fingerprint density at radius 2 is 1.79 bits per heavy atom. The number of benzene rings is 2. The van der Waals surface area contributed by atoms with Gasteiger partial charge in [-0.2, -0.15) is 4.73 Å². The Morgan fingerprint density at radius 1 is 1.10 bits per heavy atom. The van der Waals surface area contributed by atoms with Crippen LogP contribution >= 0.6 is 0 Å². The molecule has 0 unspecified atom stereocenters. The minimum absolute atomic E-state index is 0.101. The summed E-state index contributed by atoms with van der Waals surface area (Å²) in [6, 6.07) is 13.2. The van der Waals surface area contributed by atoms with Gasteiger partial charge in [-0.05, 0) is 32.9 Å². The predicted molar refractivity (Wildman–Crippen MR) is 106 cm³/mol. The highest BCUT2D eigenvalue weighted by atomic mass is 16.5. The molecule has 29 heavy (non-hydrogen) atoms. The second-order valence-corrected chi connectivity index (χ2v) is 7.58. The molecule has 0 fully saturated rings. The second kappa shape index (κ2) is 7.87. The first-order chi connectivity index (χ1) is 13.7. The zero-order valence-electron chi connectivity index (χ0n) is 16.8. The van der Waals surface area contributed by atoms with Crippen molar-refractivity contribution in [2.75, 3.05) is 7.11 Å². The number of methoxy groups -OCH3 is 1. The molecule has 1 aromatic heterocycles. The molecule has 2 aromatic carbocycles. The standard InChI is InChI=1S/C22H22N2O5/c1-22(2,3)21(26)29-13-17-19(20(25)14-8-6-5-7-9-14)24(27)18-12-15(28-4)10-11-16(18)23-17/h5-12H,13H2,1-4H3. The van der Waals surface area contributed by atoms with Gasteiger partial charge in [0.2, 0.25) is 5.52 Å². The summed E-state index contributed by atoms with van der Waals surface area (Å²) in [5.41, 5.74) is 0.0930. The molecule has 0 saturated heterocycles. The van der Waals surface area contributed by atoms with Crippen molar-refractivity contribution in [2.24, 2.45) is 5.41 Å². The van der Waals surface area contributed by atoms with Crippen LogP contribution in [0, 0.1) is 10.6 Å². The van der Waals surface area contributed by atoms with E-state index in [1.54, 1.807) is 63.2 Å². The zero-order chi connectivity index (χ0) is 21.2. The van der Waals surface area contributed by atoms with Crippen molar-refractivity contribution >= 4 is 22.8 Å². The molecule has 0 aliphatic rings. The van der Waals surface area contributed by atoms with Crippen LogP contribution in [0.2, 0.25) is 0 Å². The number of ketones is 1. The van der Waals surface area contributed by atoms with E-state index in [1.807, 2.05) is 0 Å². The molecule has 7 nitrogen and oxygen atoms in total. The van der Waals surface area contributed by atoms with Gasteiger partial charge in [-0.25, -0.2) is 4.98 Å². The smallest absolute Gasteiger partial charge is 0.311 e. The first-order valence-electron chi connectivity index (χ1n) is 9.09. The van der Waals surface area contributed by atoms with Crippen molar-refractivity contribution in [2.45, 2.75) is 27.4 Å². The van der Waals surface area contributed by atoms with Crippen molar-refractivity contribution in [3.05, 3.63) is 70.7 Å². The van der Waals surface area contributed by atoms with Gasteiger partial charge in [-0.3, -0.25) is 9.59 Å². The molecule has 0 aliphatic carbocycles. The quantitative estimate of drug-likeness (QED) is 0.286. The Labute approximate surface area is 168 Å². The van der Waals surface area contributed by atoms with Gasteiger partial charge in [0.25, 0.3) is 11.5 Å². The molecule has 0 atom stereocenters. The Bertz CT molecular complexity index is 1070. The van der Waals surface area contributed by atoms with Crippen LogP contribution in [0.15, 0.2) is 48.5 Å². The van der Waals surface area contributed by atoms with E-state index in [4.69, 9.17) is 9.47 Å². The van der Waals surface area contributed by atoms with Crippen LogP contribution < -0.4 is 9.47 Å². The predicted octanol–water partition coefficient (Wildman–Crippen LogP) is 3.20. The normalized spacial score (nSPS) is 11.3. The number of rotatable bonds is 5. The lowest BCUT2D eigenvalue weighted by Gasteiger charge is -2.17. The van der Waals surface area contributed by atoms with Crippen molar-refractivity contribution in [1.82, 2.24) is 4.98 Å². The summed E-state index contributed by atoms with van der Waals surface area (Å²) in [6.07, 6.45) is 0. The fraction of sp³-hybridized carbons (Fsp3) is 0.273. The van der Waals surface area contributed by atoms with Crippen LogP contribution in [0.5, 0.6) is 5.75 Å². The van der Waals surface area contributed by atoms with Crippen LogP contribution in [-0.2, 0) is 16.1 Å². The number of hydrogen-bond acceptors (Lipinski definition) is 6. The maximum Gasteiger partial charge on any atom is 0.311 e. The Morgan fingerprint density at radius 3 is 2.41 bits per heavy atom. The molecule has 150 valence electrons. The summed E-state index contributed by atoms with van der Waals surface area (Å²) in [5, 5.41) is 13.1. The van der Waals surface area contributed by atoms with E-state index in [-0.39, 0.29) is 23.5 Å². The third kappa shape index (κ3) is 4.18. The molecule has 0 saturated carbocycles. The Hall–Kier alpha value is -3.48. The third-order valence-electron chi connectivity index (χ3n) is 4.34. The van der Waals surface area contributed by atoms with Crippen LogP contribution in [0.1, 0.15) is 42.5 Å². The van der Waals surface area contributed by atoms with Gasteiger partial charge in [-0.15, -0.1) is 0 Å². The third-order valence-corrected chi connectivity index (χ3v) is 4.34. The number of esters is 1. The lowest BCUT2D eigenvalue weighted by atomic mass is 9.97. The maximum atomic E-state index is 13.1. The van der Waals surface area contributed by atoms with Crippen molar-refractivity contribution < 1.29 is 23.8 Å². The molecule has 0 N–H and O–H groups in total. The summed E-state index contributed by atoms with van der Waals surface area (Å²) in [4.78, 5) is 29.7. The molecule has 3 rings (SSSR count). The van der Waals surface area contributed by atoms with Crippen molar-refractivity contribution in [3.63, 3.8) is 0 Å². The molecule has 0 bridgehead atoms. The van der Waals surface area contributed by atoms with Crippen LogP contribution in [0.4, 0.5) is 0 Å². The van der Waals surface area contributed by atoms with E-state index < -0.39 is 17.2 Å². The lowest BCUT2D eigenvalue weighted by molar-refractivity contribution is -0.580. The zero-order valence-corrected chi connectivity index (χ0v) is 16.8. The number of carbonyl (C=O) groups is 2. The summed E-state index contributed by atoms with van der Waals surface area (Å²) in [7, 11) is 1.49.